The zero-order chi connectivity index (χ0) is 14.5. The quantitative estimate of drug-likeness (QED) is 0.857. The number of aryl methyl sites for hydroxylation is 1. The Bertz CT molecular complexity index is 421. The van der Waals surface area contributed by atoms with Crippen LogP contribution in [0.5, 0.6) is 0 Å². The van der Waals surface area contributed by atoms with E-state index in [1.165, 1.54) is 0 Å². The van der Waals surface area contributed by atoms with Gasteiger partial charge in [0.05, 0.1) is 6.42 Å². The van der Waals surface area contributed by atoms with Gasteiger partial charge in [-0.3, -0.25) is 4.79 Å². The summed E-state index contributed by atoms with van der Waals surface area (Å²) in [6.45, 7) is 8.32. The molecule has 19 heavy (non-hydrogen) atoms. The number of aliphatic hydroxyl groups is 1. The molecule has 1 amide bonds. The number of hydrogen-bond acceptors (Lipinski definition) is 2. The van der Waals surface area contributed by atoms with Crippen molar-refractivity contribution in [3.05, 3.63) is 35.4 Å². The van der Waals surface area contributed by atoms with E-state index in [1.54, 1.807) is 0 Å². The predicted molar refractivity (Wildman–Crippen MR) is 78.0 cm³/mol. The summed E-state index contributed by atoms with van der Waals surface area (Å²) in [5.74, 6) is 0.0129. The van der Waals surface area contributed by atoms with Crippen molar-refractivity contribution in [1.29, 1.82) is 0 Å². The zero-order valence-corrected chi connectivity index (χ0v) is 12.4. The van der Waals surface area contributed by atoms with E-state index in [9.17, 15) is 4.79 Å². The number of hydrogen-bond donors (Lipinski definition) is 2. The maximum Gasteiger partial charge on any atom is 0.224 e. The topological polar surface area (TPSA) is 49.3 Å². The van der Waals surface area contributed by atoms with E-state index < -0.39 is 0 Å². The van der Waals surface area contributed by atoms with Crippen molar-refractivity contribution < 1.29 is 9.90 Å². The van der Waals surface area contributed by atoms with Crippen LogP contribution in [-0.2, 0) is 11.2 Å². The number of amides is 1. The first-order chi connectivity index (χ1) is 8.82. The largest absolute Gasteiger partial charge is 0.396 e. The lowest BCUT2D eigenvalue weighted by Gasteiger charge is -2.31. The second-order valence-corrected chi connectivity index (χ2v) is 6.16. The van der Waals surface area contributed by atoms with Gasteiger partial charge in [-0.2, -0.15) is 0 Å². The molecule has 0 bridgehead atoms. The molecule has 0 aliphatic rings. The molecule has 0 radical (unpaired) electrons. The normalized spacial score (nSPS) is 13.1. The highest BCUT2D eigenvalue weighted by atomic mass is 16.3. The minimum atomic E-state index is -0.0506. The molecule has 2 N–H and O–H groups in total. The molecule has 1 aromatic rings. The van der Waals surface area contributed by atoms with Crippen LogP contribution in [0.4, 0.5) is 0 Å². The van der Waals surface area contributed by atoms with Crippen molar-refractivity contribution in [3.8, 4) is 0 Å². The van der Waals surface area contributed by atoms with Crippen LogP contribution in [0.15, 0.2) is 24.3 Å². The highest BCUT2D eigenvalue weighted by Gasteiger charge is 2.25. The van der Waals surface area contributed by atoms with Crippen LogP contribution in [0.25, 0.3) is 0 Å². The molecule has 0 heterocycles. The van der Waals surface area contributed by atoms with Gasteiger partial charge in [0.15, 0.2) is 0 Å². The van der Waals surface area contributed by atoms with E-state index in [-0.39, 0.29) is 24.0 Å². The Morgan fingerprint density at radius 3 is 2.58 bits per heavy atom. The maximum absolute atomic E-state index is 12.1. The number of aliphatic hydroxyl groups excluding tert-OH is 1. The van der Waals surface area contributed by atoms with Crippen LogP contribution in [0.2, 0.25) is 0 Å². The third kappa shape index (κ3) is 5.43. The Labute approximate surface area is 116 Å². The van der Waals surface area contributed by atoms with Crippen molar-refractivity contribution in [3.63, 3.8) is 0 Å². The summed E-state index contributed by atoms with van der Waals surface area (Å²) >= 11 is 0. The second kappa shape index (κ2) is 6.71. The molecule has 106 valence electrons. The molecule has 3 nitrogen and oxygen atoms in total. The molecule has 3 heteroatoms. The lowest BCUT2D eigenvalue weighted by Crippen LogP contribution is -2.44. The Hall–Kier alpha value is -1.35. The lowest BCUT2D eigenvalue weighted by molar-refractivity contribution is -0.122. The van der Waals surface area contributed by atoms with Crippen LogP contribution in [0.3, 0.4) is 0 Å². The van der Waals surface area contributed by atoms with E-state index in [0.717, 1.165) is 11.1 Å². The molecule has 0 fully saturated rings. The standard InChI is InChI=1S/C16H25NO2/c1-12-6-5-7-13(10-12)11-15(19)17-14(8-9-18)16(2,3)4/h5-7,10,14,18H,8-9,11H2,1-4H3,(H,17,19). The summed E-state index contributed by atoms with van der Waals surface area (Å²) in [4.78, 5) is 12.1. The number of nitrogens with one attached hydrogen (secondary N) is 1. The minimum absolute atomic E-state index is 0.00481. The Balaban J connectivity index is 2.63. The van der Waals surface area contributed by atoms with Gasteiger partial charge in [0.25, 0.3) is 0 Å². The highest BCUT2D eigenvalue weighted by Crippen LogP contribution is 2.21. The number of rotatable bonds is 5. The summed E-state index contributed by atoms with van der Waals surface area (Å²) in [6, 6.07) is 7.97. The fourth-order valence-electron chi connectivity index (χ4n) is 2.10. The van der Waals surface area contributed by atoms with Crippen molar-refractivity contribution >= 4 is 5.91 Å². The Morgan fingerprint density at radius 2 is 2.05 bits per heavy atom. The average Bonchev–Trinajstić information content (AvgIpc) is 2.27. The van der Waals surface area contributed by atoms with E-state index in [4.69, 9.17) is 5.11 Å². The first-order valence-corrected chi connectivity index (χ1v) is 6.78. The van der Waals surface area contributed by atoms with Gasteiger partial charge in [-0.1, -0.05) is 50.6 Å². The lowest BCUT2D eigenvalue weighted by atomic mass is 9.85. The molecular formula is C16H25NO2. The van der Waals surface area contributed by atoms with Gasteiger partial charge in [-0.25, -0.2) is 0 Å². The van der Waals surface area contributed by atoms with Crippen LogP contribution >= 0.6 is 0 Å². The van der Waals surface area contributed by atoms with Gasteiger partial charge in [0.1, 0.15) is 0 Å². The van der Waals surface area contributed by atoms with Gasteiger partial charge in [-0.15, -0.1) is 0 Å². The van der Waals surface area contributed by atoms with Crippen LogP contribution in [-0.4, -0.2) is 23.7 Å². The summed E-state index contributed by atoms with van der Waals surface area (Å²) in [7, 11) is 0. The van der Waals surface area contributed by atoms with E-state index in [2.05, 4.69) is 26.1 Å². The van der Waals surface area contributed by atoms with Crippen LogP contribution < -0.4 is 5.32 Å². The monoisotopic (exact) mass is 263 g/mol. The van der Waals surface area contributed by atoms with Gasteiger partial charge < -0.3 is 10.4 Å². The smallest absolute Gasteiger partial charge is 0.224 e. The van der Waals surface area contributed by atoms with Crippen LogP contribution in [0.1, 0.15) is 38.3 Å². The molecule has 1 unspecified atom stereocenters. The molecule has 1 rings (SSSR count). The molecule has 1 atom stereocenters. The summed E-state index contributed by atoms with van der Waals surface area (Å²) in [6.07, 6.45) is 0.975. The number of benzene rings is 1. The third-order valence-corrected chi connectivity index (χ3v) is 3.25. The van der Waals surface area contributed by atoms with Gasteiger partial charge in [0.2, 0.25) is 5.91 Å². The first-order valence-electron chi connectivity index (χ1n) is 6.78. The third-order valence-electron chi connectivity index (χ3n) is 3.25. The summed E-state index contributed by atoms with van der Waals surface area (Å²) < 4.78 is 0. The van der Waals surface area contributed by atoms with Crippen molar-refractivity contribution in [2.24, 2.45) is 5.41 Å². The second-order valence-electron chi connectivity index (χ2n) is 6.16. The molecule has 0 aromatic heterocycles. The molecule has 0 spiro atoms. The Morgan fingerprint density at radius 1 is 1.37 bits per heavy atom. The van der Waals surface area contributed by atoms with Crippen molar-refractivity contribution in [2.75, 3.05) is 6.61 Å². The molecule has 0 saturated heterocycles. The number of carbonyl (C=O) groups is 1. The average molecular weight is 263 g/mol. The SMILES string of the molecule is Cc1cccc(CC(=O)NC(CCO)C(C)(C)C)c1. The van der Waals surface area contributed by atoms with Gasteiger partial charge in [0, 0.05) is 12.6 Å². The Kier molecular flexibility index (Phi) is 5.55. The van der Waals surface area contributed by atoms with Crippen molar-refractivity contribution in [2.45, 2.75) is 46.6 Å². The van der Waals surface area contributed by atoms with E-state index in [1.807, 2.05) is 31.2 Å². The summed E-state index contributed by atoms with van der Waals surface area (Å²) in [5.41, 5.74) is 2.13. The van der Waals surface area contributed by atoms with Crippen molar-refractivity contribution in [1.82, 2.24) is 5.32 Å². The fraction of sp³-hybridized carbons (Fsp3) is 0.562. The van der Waals surface area contributed by atoms with Crippen LogP contribution in [0, 0.1) is 12.3 Å². The first kappa shape index (κ1) is 15.7. The fourth-order valence-corrected chi connectivity index (χ4v) is 2.10. The van der Waals surface area contributed by atoms with Gasteiger partial charge in [-0.05, 0) is 24.3 Å². The molecule has 0 aliphatic carbocycles. The molecule has 0 saturated carbocycles. The molecule has 1 aromatic carbocycles. The zero-order valence-electron chi connectivity index (χ0n) is 12.4. The molecule has 0 aliphatic heterocycles. The van der Waals surface area contributed by atoms with E-state index >= 15 is 0 Å². The maximum atomic E-state index is 12.1. The molecular weight excluding hydrogens is 238 g/mol. The minimum Gasteiger partial charge on any atom is -0.396 e. The number of carbonyl (C=O) groups excluding carboxylic acids is 1. The van der Waals surface area contributed by atoms with E-state index in [0.29, 0.717) is 12.8 Å². The predicted octanol–water partition coefficient (Wildman–Crippen LogP) is 2.45. The highest BCUT2D eigenvalue weighted by molar-refractivity contribution is 5.79. The summed E-state index contributed by atoms with van der Waals surface area (Å²) in [5, 5.41) is 12.1. The van der Waals surface area contributed by atoms with Gasteiger partial charge >= 0.3 is 0 Å².